The molecule has 5 heteroatoms. The molecule has 1 atom stereocenters. The molecule has 0 radical (unpaired) electrons. The van der Waals surface area contributed by atoms with Crippen molar-refractivity contribution in [2.24, 2.45) is 5.73 Å². The average molecular weight is 283 g/mol. The lowest BCUT2D eigenvalue weighted by Gasteiger charge is -2.12. The van der Waals surface area contributed by atoms with Gasteiger partial charge in [0.2, 0.25) is 5.88 Å². The Hall–Kier alpha value is -1.29. The second kappa shape index (κ2) is 5.57. The average Bonchev–Trinajstić information content (AvgIpc) is 2.27. The summed E-state index contributed by atoms with van der Waals surface area (Å²) < 4.78 is 5.67. The SMILES string of the molecule is C[C@H](N)c1cccnc1Oc1cc(Cl)cc(Cl)c1. The summed E-state index contributed by atoms with van der Waals surface area (Å²) in [5.74, 6) is 0.999. The van der Waals surface area contributed by atoms with Gasteiger partial charge in [-0.05, 0) is 31.2 Å². The summed E-state index contributed by atoms with van der Waals surface area (Å²) in [6.45, 7) is 1.87. The molecule has 0 unspecified atom stereocenters. The highest BCUT2D eigenvalue weighted by Gasteiger charge is 2.10. The predicted octanol–water partition coefficient (Wildman–Crippen LogP) is 4.20. The van der Waals surface area contributed by atoms with Crippen molar-refractivity contribution in [2.45, 2.75) is 13.0 Å². The van der Waals surface area contributed by atoms with Crippen molar-refractivity contribution in [3.63, 3.8) is 0 Å². The molecule has 2 rings (SSSR count). The molecule has 18 heavy (non-hydrogen) atoms. The second-order valence-electron chi connectivity index (χ2n) is 3.89. The number of pyridine rings is 1. The van der Waals surface area contributed by atoms with Crippen molar-refractivity contribution in [2.75, 3.05) is 0 Å². The molecule has 0 bridgehead atoms. The van der Waals surface area contributed by atoms with Crippen LogP contribution < -0.4 is 10.5 Å². The molecule has 0 aliphatic heterocycles. The largest absolute Gasteiger partial charge is 0.439 e. The standard InChI is InChI=1S/C13H12Cl2N2O/c1-8(16)12-3-2-4-17-13(12)18-11-6-9(14)5-10(15)7-11/h2-8H,16H2,1H3/t8-/m0/s1. The van der Waals surface area contributed by atoms with Gasteiger partial charge in [0.05, 0.1) is 0 Å². The van der Waals surface area contributed by atoms with Crippen LogP contribution in [0.4, 0.5) is 0 Å². The Kier molecular flexibility index (Phi) is 4.07. The van der Waals surface area contributed by atoms with E-state index < -0.39 is 0 Å². The molecule has 0 amide bonds. The van der Waals surface area contributed by atoms with E-state index in [1.165, 1.54) is 0 Å². The molecular weight excluding hydrogens is 271 g/mol. The highest BCUT2D eigenvalue weighted by Crippen LogP contribution is 2.30. The zero-order valence-electron chi connectivity index (χ0n) is 9.73. The Balaban J connectivity index is 2.34. The van der Waals surface area contributed by atoms with Crippen molar-refractivity contribution in [1.29, 1.82) is 0 Å². The van der Waals surface area contributed by atoms with E-state index in [0.717, 1.165) is 5.56 Å². The topological polar surface area (TPSA) is 48.1 Å². The third kappa shape index (κ3) is 3.13. The van der Waals surface area contributed by atoms with Crippen molar-refractivity contribution in [1.82, 2.24) is 4.98 Å². The van der Waals surface area contributed by atoms with Gasteiger partial charge >= 0.3 is 0 Å². The molecule has 1 aromatic carbocycles. The van der Waals surface area contributed by atoms with Gasteiger partial charge in [0, 0.05) is 27.8 Å². The van der Waals surface area contributed by atoms with Gasteiger partial charge in [-0.15, -0.1) is 0 Å². The number of hydrogen-bond acceptors (Lipinski definition) is 3. The van der Waals surface area contributed by atoms with E-state index >= 15 is 0 Å². The fourth-order valence-corrected chi connectivity index (χ4v) is 2.04. The maximum atomic E-state index is 5.91. The minimum Gasteiger partial charge on any atom is -0.439 e. The molecule has 0 saturated carbocycles. The minimum absolute atomic E-state index is 0.164. The monoisotopic (exact) mass is 282 g/mol. The number of ether oxygens (including phenoxy) is 1. The van der Waals surface area contributed by atoms with Crippen molar-refractivity contribution in [3.05, 3.63) is 52.1 Å². The van der Waals surface area contributed by atoms with Crippen molar-refractivity contribution < 1.29 is 4.74 Å². The number of aromatic nitrogens is 1. The Morgan fingerprint density at radius 3 is 2.50 bits per heavy atom. The van der Waals surface area contributed by atoms with E-state index in [4.69, 9.17) is 33.7 Å². The lowest BCUT2D eigenvalue weighted by atomic mass is 10.1. The van der Waals surface area contributed by atoms with Crippen molar-refractivity contribution in [3.8, 4) is 11.6 Å². The predicted molar refractivity (Wildman–Crippen MR) is 73.4 cm³/mol. The van der Waals surface area contributed by atoms with Crippen LogP contribution in [-0.4, -0.2) is 4.98 Å². The molecule has 1 heterocycles. The number of halogens is 2. The summed E-state index contributed by atoms with van der Waals surface area (Å²) in [5.41, 5.74) is 6.68. The number of benzene rings is 1. The van der Waals surface area contributed by atoms with Crippen LogP contribution in [0, 0.1) is 0 Å². The number of rotatable bonds is 3. The van der Waals surface area contributed by atoms with Gasteiger partial charge < -0.3 is 10.5 Å². The summed E-state index contributed by atoms with van der Waals surface area (Å²) in [4.78, 5) is 4.17. The Bertz CT molecular complexity index is 538. The molecule has 0 aliphatic rings. The highest BCUT2D eigenvalue weighted by atomic mass is 35.5. The van der Waals surface area contributed by atoms with E-state index in [1.54, 1.807) is 24.4 Å². The zero-order chi connectivity index (χ0) is 13.1. The molecular formula is C13H12Cl2N2O. The maximum absolute atomic E-state index is 5.91. The molecule has 0 saturated heterocycles. The molecule has 2 aromatic rings. The molecule has 94 valence electrons. The van der Waals surface area contributed by atoms with Gasteiger partial charge in [-0.25, -0.2) is 4.98 Å². The van der Waals surface area contributed by atoms with Crippen LogP contribution in [0.3, 0.4) is 0 Å². The first kappa shape index (κ1) is 13.1. The summed E-state index contributed by atoms with van der Waals surface area (Å²) in [6, 6.07) is 8.51. The van der Waals surface area contributed by atoms with Crippen LogP contribution in [-0.2, 0) is 0 Å². The fourth-order valence-electron chi connectivity index (χ4n) is 1.53. The van der Waals surface area contributed by atoms with Crippen LogP contribution in [0.2, 0.25) is 10.0 Å². The van der Waals surface area contributed by atoms with Gasteiger partial charge in [-0.3, -0.25) is 0 Å². The molecule has 0 aliphatic carbocycles. The molecule has 3 nitrogen and oxygen atoms in total. The van der Waals surface area contributed by atoms with E-state index in [2.05, 4.69) is 4.98 Å². The molecule has 0 spiro atoms. The maximum Gasteiger partial charge on any atom is 0.223 e. The first-order valence-electron chi connectivity index (χ1n) is 5.40. The smallest absolute Gasteiger partial charge is 0.223 e. The third-order valence-electron chi connectivity index (χ3n) is 2.34. The molecule has 1 aromatic heterocycles. The molecule has 2 N–H and O–H groups in total. The van der Waals surface area contributed by atoms with E-state index in [0.29, 0.717) is 21.7 Å². The van der Waals surface area contributed by atoms with Crippen LogP contribution in [0.1, 0.15) is 18.5 Å². The fraction of sp³-hybridized carbons (Fsp3) is 0.154. The number of hydrogen-bond donors (Lipinski definition) is 1. The summed E-state index contributed by atoms with van der Waals surface area (Å²) in [6.07, 6.45) is 1.65. The number of nitrogens with two attached hydrogens (primary N) is 1. The van der Waals surface area contributed by atoms with Crippen LogP contribution in [0.5, 0.6) is 11.6 Å². The lowest BCUT2D eigenvalue weighted by molar-refractivity contribution is 0.452. The van der Waals surface area contributed by atoms with Crippen LogP contribution in [0.25, 0.3) is 0 Å². The highest BCUT2D eigenvalue weighted by molar-refractivity contribution is 6.34. The quantitative estimate of drug-likeness (QED) is 0.918. The summed E-state index contributed by atoms with van der Waals surface area (Å²) in [5, 5.41) is 1.02. The normalized spacial score (nSPS) is 12.2. The lowest BCUT2D eigenvalue weighted by Crippen LogP contribution is -2.07. The van der Waals surface area contributed by atoms with E-state index in [-0.39, 0.29) is 6.04 Å². The van der Waals surface area contributed by atoms with Gasteiger partial charge in [0.15, 0.2) is 0 Å². The van der Waals surface area contributed by atoms with E-state index in [9.17, 15) is 0 Å². The Morgan fingerprint density at radius 1 is 1.22 bits per heavy atom. The number of nitrogens with zero attached hydrogens (tertiary/aromatic N) is 1. The summed E-state index contributed by atoms with van der Waals surface area (Å²) in [7, 11) is 0. The van der Waals surface area contributed by atoms with Gasteiger partial charge in [-0.2, -0.15) is 0 Å². The van der Waals surface area contributed by atoms with E-state index in [1.807, 2.05) is 19.1 Å². The van der Waals surface area contributed by atoms with Crippen LogP contribution in [0.15, 0.2) is 36.5 Å². The van der Waals surface area contributed by atoms with Crippen molar-refractivity contribution >= 4 is 23.2 Å². The van der Waals surface area contributed by atoms with Gasteiger partial charge in [0.1, 0.15) is 5.75 Å². The Labute approximate surface area is 115 Å². The first-order valence-corrected chi connectivity index (χ1v) is 6.16. The molecule has 0 fully saturated rings. The zero-order valence-corrected chi connectivity index (χ0v) is 11.2. The first-order chi connectivity index (χ1) is 8.56. The van der Waals surface area contributed by atoms with Gasteiger partial charge in [-0.1, -0.05) is 29.3 Å². The van der Waals surface area contributed by atoms with Crippen LogP contribution >= 0.6 is 23.2 Å². The second-order valence-corrected chi connectivity index (χ2v) is 4.77. The minimum atomic E-state index is -0.164. The van der Waals surface area contributed by atoms with Gasteiger partial charge in [0.25, 0.3) is 0 Å². The Morgan fingerprint density at radius 2 is 1.89 bits per heavy atom. The third-order valence-corrected chi connectivity index (χ3v) is 2.78. The summed E-state index contributed by atoms with van der Waals surface area (Å²) >= 11 is 11.8.